The maximum absolute atomic E-state index is 13.2. The van der Waals surface area contributed by atoms with Gasteiger partial charge in [0.15, 0.2) is 0 Å². The highest BCUT2D eigenvalue weighted by molar-refractivity contribution is 7.10. The van der Waals surface area contributed by atoms with E-state index in [1.807, 2.05) is 42.5 Å². The SMILES string of the molecule is COc1cccc([C@@H]2CC(=O)N(c3cccc(OC)c3)c3c2sc(=O)n3C)c1. The zero-order chi connectivity index (χ0) is 19.8. The Morgan fingerprint density at radius 3 is 2.39 bits per heavy atom. The largest absolute Gasteiger partial charge is 0.497 e. The summed E-state index contributed by atoms with van der Waals surface area (Å²) >= 11 is 1.19. The van der Waals surface area contributed by atoms with Gasteiger partial charge in [-0.1, -0.05) is 29.5 Å². The number of nitrogens with zero attached hydrogens (tertiary/aromatic N) is 2. The molecule has 0 N–H and O–H groups in total. The first-order valence-electron chi connectivity index (χ1n) is 8.84. The van der Waals surface area contributed by atoms with E-state index < -0.39 is 0 Å². The Balaban J connectivity index is 1.88. The highest BCUT2D eigenvalue weighted by atomic mass is 32.1. The van der Waals surface area contributed by atoms with Gasteiger partial charge in [0, 0.05) is 25.5 Å². The number of benzene rings is 2. The lowest BCUT2D eigenvalue weighted by Gasteiger charge is -2.32. The van der Waals surface area contributed by atoms with Crippen LogP contribution in [0, 0.1) is 0 Å². The summed E-state index contributed by atoms with van der Waals surface area (Å²) in [6, 6.07) is 15.0. The standard InChI is InChI=1S/C21H20N2O4S/c1-22-20-19(28-21(22)25)17(13-6-4-8-15(10-13)26-2)12-18(24)23(20)14-7-5-9-16(11-14)27-3/h4-11,17H,12H2,1-3H3/t17-/m0/s1. The maximum Gasteiger partial charge on any atom is 0.308 e. The third kappa shape index (κ3) is 2.97. The van der Waals surface area contributed by atoms with E-state index in [-0.39, 0.29) is 23.1 Å². The minimum absolute atomic E-state index is 0.0676. The Labute approximate surface area is 166 Å². The van der Waals surface area contributed by atoms with Gasteiger partial charge in [0.25, 0.3) is 0 Å². The molecule has 1 aliphatic heterocycles. The number of hydrogen-bond donors (Lipinski definition) is 0. The molecule has 1 atom stereocenters. The van der Waals surface area contributed by atoms with Crippen LogP contribution in [-0.2, 0) is 11.8 Å². The summed E-state index contributed by atoms with van der Waals surface area (Å²) in [6.45, 7) is 0. The molecule has 0 saturated carbocycles. The zero-order valence-electron chi connectivity index (χ0n) is 15.8. The third-order valence-electron chi connectivity index (χ3n) is 4.97. The molecule has 144 valence electrons. The van der Waals surface area contributed by atoms with Gasteiger partial charge in [-0.25, -0.2) is 0 Å². The second kappa shape index (κ2) is 7.16. The topological polar surface area (TPSA) is 60.8 Å². The van der Waals surface area contributed by atoms with E-state index in [0.29, 0.717) is 17.3 Å². The van der Waals surface area contributed by atoms with Crippen LogP contribution in [0.3, 0.4) is 0 Å². The van der Waals surface area contributed by atoms with Gasteiger partial charge in [0.05, 0.1) is 24.8 Å². The molecule has 4 rings (SSSR count). The molecule has 0 aliphatic carbocycles. The molecule has 6 nitrogen and oxygen atoms in total. The maximum atomic E-state index is 13.2. The summed E-state index contributed by atoms with van der Waals surface area (Å²) in [7, 11) is 4.90. The number of hydrogen-bond acceptors (Lipinski definition) is 5. The number of anilines is 2. The number of amides is 1. The van der Waals surface area contributed by atoms with Crippen molar-refractivity contribution in [2.45, 2.75) is 12.3 Å². The minimum Gasteiger partial charge on any atom is -0.497 e. The molecular formula is C21H20N2O4S. The predicted octanol–water partition coefficient (Wildman–Crippen LogP) is 3.66. The molecule has 0 spiro atoms. The molecule has 1 aromatic heterocycles. The fraction of sp³-hybridized carbons (Fsp3) is 0.238. The van der Waals surface area contributed by atoms with Gasteiger partial charge >= 0.3 is 4.87 Å². The molecule has 3 aromatic rings. The van der Waals surface area contributed by atoms with Crippen molar-refractivity contribution < 1.29 is 14.3 Å². The van der Waals surface area contributed by atoms with Gasteiger partial charge in [-0.15, -0.1) is 0 Å². The van der Waals surface area contributed by atoms with Crippen LogP contribution >= 0.6 is 11.3 Å². The lowest BCUT2D eigenvalue weighted by Crippen LogP contribution is -2.34. The first-order valence-corrected chi connectivity index (χ1v) is 9.65. The van der Waals surface area contributed by atoms with Crippen molar-refractivity contribution in [3.8, 4) is 11.5 Å². The number of methoxy groups -OCH3 is 2. The molecule has 2 heterocycles. The second-order valence-corrected chi connectivity index (χ2v) is 7.57. The van der Waals surface area contributed by atoms with Crippen LogP contribution in [0.25, 0.3) is 0 Å². The third-order valence-corrected chi connectivity index (χ3v) is 6.11. The molecular weight excluding hydrogens is 376 g/mol. The first-order chi connectivity index (χ1) is 13.5. The van der Waals surface area contributed by atoms with Gasteiger partial charge in [-0.05, 0) is 29.8 Å². The average Bonchev–Trinajstić information content (AvgIpc) is 3.02. The fourth-order valence-corrected chi connectivity index (χ4v) is 4.66. The van der Waals surface area contributed by atoms with E-state index in [0.717, 1.165) is 16.2 Å². The van der Waals surface area contributed by atoms with Gasteiger partial charge in [0.1, 0.15) is 17.3 Å². The lowest BCUT2D eigenvalue weighted by atomic mass is 9.90. The molecule has 28 heavy (non-hydrogen) atoms. The number of rotatable bonds is 4. The number of carbonyl (C=O) groups is 1. The van der Waals surface area contributed by atoms with Crippen LogP contribution in [0.4, 0.5) is 11.5 Å². The van der Waals surface area contributed by atoms with Crippen LogP contribution < -0.4 is 19.2 Å². The van der Waals surface area contributed by atoms with Crippen LogP contribution in [0.15, 0.2) is 53.3 Å². The number of aromatic nitrogens is 1. The molecule has 0 saturated heterocycles. The monoisotopic (exact) mass is 396 g/mol. The fourth-order valence-electron chi connectivity index (χ4n) is 3.57. The second-order valence-electron chi connectivity index (χ2n) is 6.58. The molecule has 0 radical (unpaired) electrons. The van der Waals surface area contributed by atoms with Crippen LogP contribution in [0.5, 0.6) is 11.5 Å². The molecule has 0 unspecified atom stereocenters. The number of thiazole rings is 1. The Bertz CT molecular complexity index is 1100. The van der Waals surface area contributed by atoms with Gasteiger partial charge < -0.3 is 9.47 Å². The van der Waals surface area contributed by atoms with E-state index in [9.17, 15) is 9.59 Å². The van der Waals surface area contributed by atoms with E-state index in [4.69, 9.17) is 9.47 Å². The highest BCUT2D eigenvalue weighted by Crippen LogP contribution is 2.45. The normalized spacial score (nSPS) is 16.0. The number of fused-ring (bicyclic) bond motifs is 1. The molecule has 1 amide bonds. The van der Waals surface area contributed by atoms with E-state index in [2.05, 4.69) is 0 Å². The Hall–Kier alpha value is -3.06. The number of ether oxygens (including phenoxy) is 2. The van der Waals surface area contributed by atoms with Gasteiger partial charge in [-0.3, -0.25) is 19.1 Å². The summed E-state index contributed by atoms with van der Waals surface area (Å²) < 4.78 is 12.2. The van der Waals surface area contributed by atoms with E-state index >= 15 is 0 Å². The van der Waals surface area contributed by atoms with E-state index in [1.54, 1.807) is 36.8 Å². The van der Waals surface area contributed by atoms with Crippen molar-refractivity contribution >= 4 is 28.7 Å². The highest BCUT2D eigenvalue weighted by Gasteiger charge is 2.37. The van der Waals surface area contributed by atoms with Gasteiger partial charge in [-0.2, -0.15) is 0 Å². The Kier molecular flexibility index (Phi) is 4.68. The quantitative estimate of drug-likeness (QED) is 0.675. The first kappa shape index (κ1) is 18.3. The summed E-state index contributed by atoms with van der Waals surface area (Å²) in [6.07, 6.45) is 0.275. The average molecular weight is 396 g/mol. The number of carbonyl (C=O) groups excluding carboxylic acids is 1. The molecule has 7 heteroatoms. The van der Waals surface area contributed by atoms with Crippen molar-refractivity contribution in [2.75, 3.05) is 19.1 Å². The lowest BCUT2D eigenvalue weighted by molar-refractivity contribution is -0.118. The van der Waals surface area contributed by atoms with Crippen LogP contribution in [-0.4, -0.2) is 24.7 Å². The van der Waals surface area contributed by atoms with Crippen molar-refractivity contribution in [3.05, 3.63) is 68.6 Å². The molecule has 0 bridgehead atoms. The van der Waals surface area contributed by atoms with Crippen LogP contribution in [0.2, 0.25) is 0 Å². The summed E-state index contributed by atoms with van der Waals surface area (Å²) in [5, 5.41) is 0. The van der Waals surface area contributed by atoms with Crippen molar-refractivity contribution in [1.29, 1.82) is 0 Å². The van der Waals surface area contributed by atoms with Crippen molar-refractivity contribution in [3.63, 3.8) is 0 Å². The summed E-state index contributed by atoms with van der Waals surface area (Å²) in [5.41, 5.74) is 1.64. The summed E-state index contributed by atoms with van der Waals surface area (Å²) in [5.74, 6) is 1.75. The van der Waals surface area contributed by atoms with Crippen molar-refractivity contribution in [2.24, 2.45) is 7.05 Å². The smallest absolute Gasteiger partial charge is 0.308 e. The Morgan fingerprint density at radius 2 is 1.68 bits per heavy atom. The zero-order valence-corrected chi connectivity index (χ0v) is 16.7. The molecule has 0 fully saturated rings. The van der Waals surface area contributed by atoms with Gasteiger partial charge in [0.2, 0.25) is 5.91 Å². The van der Waals surface area contributed by atoms with Crippen LogP contribution in [0.1, 0.15) is 22.8 Å². The summed E-state index contributed by atoms with van der Waals surface area (Å²) in [4.78, 5) is 28.1. The van der Waals surface area contributed by atoms with Crippen molar-refractivity contribution in [1.82, 2.24) is 4.57 Å². The minimum atomic E-state index is -0.182. The Morgan fingerprint density at radius 1 is 1.00 bits per heavy atom. The predicted molar refractivity (Wildman–Crippen MR) is 109 cm³/mol. The van der Waals surface area contributed by atoms with E-state index in [1.165, 1.54) is 11.3 Å². The molecule has 2 aromatic carbocycles. The molecule has 1 aliphatic rings.